The first-order valence-corrected chi connectivity index (χ1v) is 9.01. The lowest BCUT2D eigenvalue weighted by molar-refractivity contribution is -0.150. The second kappa shape index (κ2) is 8.03. The molecule has 0 bridgehead atoms. The van der Waals surface area contributed by atoms with Crippen LogP contribution in [0.2, 0.25) is 10.0 Å². The summed E-state index contributed by atoms with van der Waals surface area (Å²) in [4.78, 5) is 24.2. The van der Waals surface area contributed by atoms with Crippen molar-refractivity contribution in [1.82, 2.24) is 0 Å². The Morgan fingerprint density at radius 3 is 2.70 bits per heavy atom. The maximum absolute atomic E-state index is 12.5. The molecule has 0 saturated heterocycles. The van der Waals surface area contributed by atoms with Gasteiger partial charge in [-0.1, -0.05) is 29.3 Å². The summed E-state index contributed by atoms with van der Waals surface area (Å²) in [5.74, 6) is 0.163. The van der Waals surface area contributed by atoms with Crippen LogP contribution in [0, 0.1) is 0 Å². The highest BCUT2D eigenvalue weighted by molar-refractivity contribution is 6.35. The fourth-order valence-corrected chi connectivity index (χ4v) is 2.98. The smallest absolute Gasteiger partial charge is 0.347 e. The molecule has 0 aliphatic carbocycles. The summed E-state index contributed by atoms with van der Waals surface area (Å²) < 4.78 is 16.1. The fraction of sp³-hybridized carbons (Fsp3) is 0.200. The fourth-order valence-electron chi connectivity index (χ4n) is 2.51. The number of rotatable bonds is 5. The molecule has 1 aliphatic heterocycles. The summed E-state index contributed by atoms with van der Waals surface area (Å²) >= 11 is 12.0. The van der Waals surface area contributed by atoms with Crippen molar-refractivity contribution in [3.63, 3.8) is 0 Å². The highest BCUT2D eigenvalue weighted by Crippen LogP contribution is 2.36. The van der Waals surface area contributed by atoms with Crippen LogP contribution >= 0.6 is 23.2 Å². The molecule has 3 rings (SSSR count). The highest BCUT2D eigenvalue weighted by Gasteiger charge is 2.28. The minimum atomic E-state index is -0.775. The Labute approximate surface area is 166 Å². The molecule has 140 valence electrons. The third-order valence-electron chi connectivity index (χ3n) is 3.82. The Balaban J connectivity index is 1.81. The summed E-state index contributed by atoms with van der Waals surface area (Å²) in [5, 5.41) is 0.913. The molecule has 1 atom stereocenters. The van der Waals surface area contributed by atoms with Gasteiger partial charge in [-0.2, -0.15) is 0 Å². The van der Waals surface area contributed by atoms with E-state index in [1.165, 1.54) is 0 Å². The van der Waals surface area contributed by atoms with Gasteiger partial charge in [0.25, 0.3) is 0 Å². The normalized spacial score (nSPS) is 15.3. The predicted octanol–water partition coefficient (Wildman–Crippen LogP) is 4.94. The second-order valence-electron chi connectivity index (χ2n) is 5.78. The lowest BCUT2D eigenvalue weighted by Crippen LogP contribution is -2.26. The number of ketones is 1. The summed E-state index contributed by atoms with van der Waals surface area (Å²) in [6, 6.07) is 9.73. The van der Waals surface area contributed by atoms with Crippen LogP contribution in [0.3, 0.4) is 0 Å². The number of hydrogen-bond acceptors (Lipinski definition) is 5. The molecule has 7 heteroatoms. The molecule has 1 aliphatic rings. The van der Waals surface area contributed by atoms with Crippen molar-refractivity contribution in [3.8, 4) is 11.5 Å². The minimum Gasteiger partial charge on any atom is -0.479 e. The lowest BCUT2D eigenvalue weighted by Gasteiger charge is -2.13. The van der Waals surface area contributed by atoms with Crippen molar-refractivity contribution < 1.29 is 23.8 Å². The van der Waals surface area contributed by atoms with E-state index < -0.39 is 12.1 Å². The molecule has 0 spiro atoms. The van der Waals surface area contributed by atoms with Gasteiger partial charge in [-0.05, 0) is 49.8 Å². The summed E-state index contributed by atoms with van der Waals surface area (Å²) in [5.41, 5.74) is 1.02. The standard InChI is InChI=1S/C20H16Cl2O5/c1-3-25-20(24)11(2)26-14-6-7-15-17(10-14)27-18(19(15)23)8-12-4-5-13(21)9-16(12)22/h4-11H,3H2,1-2H3. The van der Waals surface area contributed by atoms with Gasteiger partial charge in [0, 0.05) is 16.1 Å². The van der Waals surface area contributed by atoms with Gasteiger partial charge < -0.3 is 14.2 Å². The first-order chi connectivity index (χ1) is 12.9. The monoisotopic (exact) mass is 406 g/mol. The van der Waals surface area contributed by atoms with Crippen LogP contribution in [0.5, 0.6) is 11.5 Å². The maximum Gasteiger partial charge on any atom is 0.347 e. The van der Waals surface area contributed by atoms with Gasteiger partial charge >= 0.3 is 5.97 Å². The van der Waals surface area contributed by atoms with E-state index in [0.717, 1.165) is 0 Å². The minimum absolute atomic E-state index is 0.143. The quantitative estimate of drug-likeness (QED) is 0.519. The van der Waals surface area contributed by atoms with Crippen molar-refractivity contribution in [2.45, 2.75) is 20.0 Å². The van der Waals surface area contributed by atoms with E-state index >= 15 is 0 Å². The van der Waals surface area contributed by atoms with Crippen LogP contribution in [0.1, 0.15) is 29.8 Å². The van der Waals surface area contributed by atoms with Gasteiger partial charge in [-0.3, -0.25) is 4.79 Å². The number of Topliss-reactive ketones (excluding diaryl/α,β-unsaturated/α-hetero) is 1. The largest absolute Gasteiger partial charge is 0.479 e. The van der Waals surface area contributed by atoms with Gasteiger partial charge in [0.05, 0.1) is 12.2 Å². The van der Waals surface area contributed by atoms with E-state index in [9.17, 15) is 9.59 Å². The SMILES string of the molecule is CCOC(=O)C(C)Oc1ccc2c(c1)OC(=Cc1ccc(Cl)cc1Cl)C2=O. The zero-order chi connectivity index (χ0) is 19.6. The Morgan fingerprint density at radius 1 is 1.22 bits per heavy atom. The molecule has 1 heterocycles. The van der Waals surface area contributed by atoms with Gasteiger partial charge in [0.1, 0.15) is 11.5 Å². The summed E-state index contributed by atoms with van der Waals surface area (Å²) in [6.45, 7) is 3.58. The maximum atomic E-state index is 12.5. The van der Waals surface area contributed by atoms with Crippen LogP contribution < -0.4 is 9.47 Å². The van der Waals surface area contributed by atoms with E-state index in [-0.39, 0.29) is 18.1 Å². The molecule has 2 aromatic carbocycles. The zero-order valence-electron chi connectivity index (χ0n) is 14.6. The second-order valence-corrected chi connectivity index (χ2v) is 6.62. The molecule has 0 amide bonds. The van der Waals surface area contributed by atoms with Crippen LogP contribution in [-0.2, 0) is 9.53 Å². The van der Waals surface area contributed by atoms with Crippen molar-refractivity contribution in [3.05, 3.63) is 63.3 Å². The Morgan fingerprint density at radius 2 is 2.00 bits per heavy atom. The molecule has 0 fully saturated rings. The van der Waals surface area contributed by atoms with Crippen LogP contribution in [0.4, 0.5) is 0 Å². The van der Waals surface area contributed by atoms with Crippen molar-refractivity contribution in [2.75, 3.05) is 6.61 Å². The number of carbonyl (C=O) groups is 2. The van der Waals surface area contributed by atoms with Crippen LogP contribution in [-0.4, -0.2) is 24.5 Å². The van der Waals surface area contributed by atoms with E-state index in [2.05, 4.69) is 0 Å². The topological polar surface area (TPSA) is 61.8 Å². The van der Waals surface area contributed by atoms with Crippen LogP contribution in [0.25, 0.3) is 6.08 Å². The Hall–Kier alpha value is -2.50. The number of benzene rings is 2. The molecule has 0 radical (unpaired) electrons. The molecule has 5 nitrogen and oxygen atoms in total. The summed E-state index contributed by atoms with van der Waals surface area (Å²) in [6.07, 6.45) is 0.783. The van der Waals surface area contributed by atoms with Gasteiger partial charge in [-0.15, -0.1) is 0 Å². The Kier molecular flexibility index (Phi) is 5.73. The molecule has 27 heavy (non-hydrogen) atoms. The molecular weight excluding hydrogens is 391 g/mol. The zero-order valence-corrected chi connectivity index (χ0v) is 16.1. The number of ether oxygens (including phenoxy) is 3. The lowest BCUT2D eigenvalue weighted by atomic mass is 10.1. The molecule has 0 saturated carbocycles. The molecule has 2 aromatic rings. The number of allylic oxidation sites excluding steroid dienone is 1. The van der Waals surface area contributed by atoms with E-state index in [0.29, 0.717) is 32.7 Å². The first-order valence-electron chi connectivity index (χ1n) is 8.25. The molecule has 0 N–H and O–H groups in total. The number of esters is 1. The van der Waals surface area contributed by atoms with Gasteiger partial charge in [0.15, 0.2) is 11.9 Å². The molecular formula is C20H16Cl2O5. The first kappa shape index (κ1) is 19.3. The average Bonchev–Trinajstić information content (AvgIpc) is 2.93. The number of hydrogen-bond donors (Lipinski definition) is 0. The van der Waals surface area contributed by atoms with Crippen molar-refractivity contribution >= 4 is 41.0 Å². The van der Waals surface area contributed by atoms with Gasteiger partial charge in [-0.25, -0.2) is 4.79 Å². The molecule has 1 unspecified atom stereocenters. The number of carbonyl (C=O) groups excluding carboxylic acids is 2. The number of halogens is 2. The van der Waals surface area contributed by atoms with E-state index in [4.69, 9.17) is 37.4 Å². The van der Waals surface area contributed by atoms with E-state index in [1.807, 2.05) is 0 Å². The average molecular weight is 407 g/mol. The third kappa shape index (κ3) is 4.26. The van der Waals surface area contributed by atoms with E-state index in [1.54, 1.807) is 56.3 Å². The summed E-state index contributed by atoms with van der Waals surface area (Å²) in [7, 11) is 0. The van der Waals surface area contributed by atoms with Crippen LogP contribution in [0.15, 0.2) is 42.2 Å². The Bertz CT molecular complexity index is 936. The number of fused-ring (bicyclic) bond motifs is 1. The van der Waals surface area contributed by atoms with Gasteiger partial charge in [0.2, 0.25) is 5.78 Å². The van der Waals surface area contributed by atoms with Crippen molar-refractivity contribution in [2.24, 2.45) is 0 Å². The molecule has 0 aromatic heterocycles. The predicted molar refractivity (Wildman–Crippen MR) is 103 cm³/mol. The third-order valence-corrected chi connectivity index (χ3v) is 4.38. The van der Waals surface area contributed by atoms with Crippen molar-refractivity contribution in [1.29, 1.82) is 0 Å². The highest BCUT2D eigenvalue weighted by atomic mass is 35.5.